The van der Waals surface area contributed by atoms with Gasteiger partial charge in [-0.05, 0) is 51.3 Å². The molecule has 1 aromatic carbocycles. The number of carbonyl (C=O) groups is 3. The van der Waals surface area contributed by atoms with Gasteiger partial charge in [-0.3, -0.25) is 14.9 Å². The van der Waals surface area contributed by atoms with Crippen LogP contribution in [0.2, 0.25) is 0 Å². The first-order valence-corrected chi connectivity index (χ1v) is 16.4. The lowest BCUT2D eigenvalue weighted by molar-refractivity contribution is -0.151. The number of sulfonamides is 1. The van der Waals surface area contributed by atoms with Crippen LogP contribution in [0, 0.1) is 12.8 Å². The average Bonchev–Trinajstić information content (AvgIpc) is 3.35. The Morgan fingerprint density at radius 2 is 1.73 bits per heavy atom. The standard InChI is InChI=1S/C28H35N7O7S2/c1-4-41-25(37)19-10-12-35(13-11-19)23(36)15-20-14-22(30-16-18-6-8-21(9-7-18)44(29,39)40)33-27(32-20)34-28-31-17(3)24(43-28)26(38)42-5-2/h6-9,14,19H,4-5,10-13,15-16H2,1-3H3,(H2,29,39,40)(H2,30,31,32,33,34). The molecule has 16 heteroatoms. The summed E-state index contributed by atoms with van der Waals surface area (Å²) in [6.45, 7) is 6.91. The number of rotatable bonds is 12. The molecule has 1 aliphatic rings. The Hall–Kier alpha value is -4.15. The number of thiazole rings is 1. The van der Waals surface area contributed by atoms with Crippen molar-refractivity contribution in [1.82, 2.24) is 19.9 Å². The molecule has 0 bridgehead atoms. The number of amides is 1. The second kappa shape index (κ2) is 14.5. The first-order chi connectivity index (χ1) is 21.0. The minimum atomic E-state index is -3.81. The van der Waals surface area contributed by atoms with Crippen LogP contribution in [0.4, 0.5) is 16.9 Å². The molecule has 0 radical (unpaired) electrons. The second-order valence-corrected chi connectivity index (χ2v) is 12.5. The smallest absolute Gasteiger partial charge is 0.350 e. The van der Waals surface area contributed by atoms with Crippen LogP contribution in [0.15, 0.2) is 35.2 Å². The van der Waals surface area contributed by atoms with Gasteiger partial charge in [-0.2, -0.15) is 4.98 Å². The lowest BCUT2D eigenvalue weighted by Crippen LogP contribution is -2.41. The highest BCUT2D eigenvalue weighted by Gasteiger charge is 2.28. The highest BCUT2D eigenvalue weighted by molar-refractivity contribution is 7.89. The van der Waals surface area contributed by atoms with Crippen molar-refractivity contribution in [3.8, 4) is 0 Å². The van der Waals surface area contributed by atoms with Crippen LogP contribution >= 0.6 is 11.3 Å². The molecule has 1 amide bonds. The summed E-state index contributed by atoms with van der Waals surface area (Å²) in [5, 5.41) is 11.8. The zero-order valence-corrected chi connectivity index (χ0v) is 26.3. The third-order valence-electron chi connectivity index (χ3n) is 6.78. The normalized spacial score (nSPS) is 13.8. The fourth-order valence-electron chi connectivity index (χ4n) is 4.55. The van der Waals surface area contributed by atoms with E-state index < -0.39 is 16.0 Å². The number of esters is 2. The van der Waals surface area contributed by atoms with Crippen molar-refractivity contribution in [2.24, 2.45) is 11.1 Å². The van der Waals surface area contributed by atoms with Gasteiger partial charge in [0.25, 0.3) is 0 Å². The zero-order valence-electron chi connectivity index (χ0n) is 24.7. The molecule has 14 nitrogen and oxygen atoms in total. The Balaban J connectivity index is 1.51. The summed E-state index contributed by atoms with van der Waals surface area (Å²) in [7, 11) is -3.81. The summed E-state index contributed by atoms with van der Waals surface area (Å²) in [5.41, 5.74) is 1.70. The van der Waals surface area contributed by atoms with Gasteiger partial charge in [0.1, 0.15) is 10.7 Å². The number of nitrogens with two attached hydrogens (primary N) is 1. The van der Waals surface area contributed by atoms with Gasteiger partial charge in [-0.15, -0.1) is 0 Å². The first-order valence-electron chi connectivity index (χ1n) is 14.1. The fraction of sp³-hybridized carbons (Fsp3) is 0.429. The number of nitrogens with zero attached hydrogens (tertiary/aromatic N) is 4. The van der Waals surface area contributed by atoms with Crippen LogP contribution in [-0.4, -0.2) is 72.4 Å². The number of hydrogen-bond acceptors (Lipinski definition) is 13. The maximum absolute atomic E-state index is 13.2. The Morgan fingerprint density at radius 3 is 2.36 bits per heavy atom. The summed E-state index contributed by atoms with van der Waals surface area (Å²) in [6, 6.07) is 7.75. The molecule has 1 saturated heterocycles. The summed E-state index contributed by atoms with van der Waals surface area (Å²) < 4.78 is 33.4. The molecule has 0 atom stereocenters. The third kappa shape index (κ3) is 8.70. The number of aromatic nitrogens is 3. The van der Waals surface area contributed by atoms with Crippen LogP contribution in [0.25, 0.3) is 0 Å². The van der Waals surface area contributed by atoms with Crippen molar-refractivity contribution in [3.63, 3.8) is 0 Å². The number of carbonyl (C=O) groups excluding carboxylic acids is 3. The van der Waals surface area contributed by atoms with Gasteiger partial charge in [-0.25, -0.2) is 28.3 Å². The molecule has 0 saturated carbocycles. The van der Waals surface area contributed by atoms with Gasteiger partial charge < -0.3 is 19.7 Å². The lowest BCUT2D eigenvalue weighted by Gasteiger charge is -2.30. The zero-order chi connectivity index (χ0) is 31.9. The Labute approximate surface area is 259 Å². The van der Waals surface area contributed by atoms with Gasteiger partial charge in [0.2, 0.25) is 21.9 Å². The predicted molar refractivity (Wildman–Crippen MR) is 163 cm³/mol. The largest absolute Gasteiger partial charge is 0.466 e. The topological polar surface area (TPSA) is 196 Å². The number of primary sulfonamides is 1. The number of nitrogens with one attached hydrogen (secondary N) is 2. The molecule has 236 valence electrons. The summed E-state index contributed by atoms with van der Waals surface area (Å²) in [5.74, 6) is -0.502. The second-order valence-electron chi connectivity index (χ2n) is 9.97. The summed E-state index contributed by atoms with van der Waals surface area (Å²) >= 11 is 1.10. The molecular formula is C28H35N7O7S2. The van der Waals surface area contributed by atoms with E-state index in [4.69, 9.17) is 14.6 Å². The molecule has 3 aromatic rings. The van der Waals surface area contributed by atoms with Crippen molar-refractivity contribution in [3.05, 3.63) is 52.2 Å². The van der Waals surface area contributed by atoms with Gasteiger partial charge in [0, 0.05) is 25.7 Å². The molecule has 44 heavy (non-hydrogen) atoms. The summed E-state index contributed by atoms with van der Waals surface area (Å²) in [4.78, 5) is 53.1. The number of likely N-dealkylation sites (tertiary alicyclic amines) is 1. The van der Waals surface area contributed by atoms with E-state index in [1.165, 1.54) is 12.1 Å². The molecule has 2 aromatic heterocycles. The highest BCUT2D eigenvalue weighted by Crippen LogP contribution is 2.26. The van der Waals surface area contributed by atoms with Crippen LogP contribution in [-0.2, 0) is 42.1 Å². The monoisotopic (exact) mass is 645 g/mol. The van der Waals surface area contributed by atoms with Gasteiger partial charge >= 0.3 is 11.9 Å². The molecule has 1 fully saturated rings. The van der Waals surface area contributed by atoms with E-state index in [1.807, 2.05) is 0 Å². The molecule has 4 N–H and O–H groups in total. The Kier molecular flexibility index (Phi) is 10.8. The highest BCUT2D eigenvalue weighted by atomic mass is 32.2. The first kappa shape index (κ1) is 32.8. The molecule has 0 unspecified atom stereocenters. The van der Waals surface area contributed by atoms with E-state index in [1.54, 1.807) is 43.9 Å². The molecule has 0 aliphatic carbocycles. The maximum atomic E-state index is 13.2. The number of benzene rings is 1. The number of piperidine rings is 1. The van der Waals surface area contributed by atoms with E-state index in [0.717, 1.165) is 16.9 Å². The lowest BCUT2D eigenvalue weighted by atomic mass is 9.96. The number of ether oxygens (including phenoxy) is 2. The predicted octanol–water partition coefficient (Wildman–Crippen LogP) is 2.77. The van der Waals surface area contributed by atoms with E-state index >= 15 is 0 Å². The van der Waals surface area contributed by atoms with Crippen LogP contribution < -0.4 is 15.8 Å². The molecular weight excluding hydrogens is 610 g/mol. The number of hydrogen-bond donors (Lipinski definition) is 3. The van der Waals surface area contributed by atoms with Crippen molar-refractivity contribution < 1.29 is 32.3 Å². The van der Waals surface area contributed by atoms with Crippen molar-refractivity contribution in [2.45, 2.75) is 51.5 Å². The van der Waals surface area contributed by atoms with Crippen LogP contribution in [0.1, 0.15) is 53.3 Å². The number of aryl methyl sites for hydroxylation is 1. The fourth-order valence-corrected chi connectivity index (χ4v) is 5.92. The minimum absolute atomic E-state index is 0.00258. The average molecular weight is 646 g/mol. The van der Waals surface area contributed by atoms with E-state index in [2.05, 4.69) is 25.6 Å². The van der Waals surface area contributed by atoms with E-state index in [9.17, 15) is 22.8 Å². The number of anilines is 3. The van der Waals surface area contributed by atoms with Crippen molar-refractivity contribution >= 4 is 56.1 Å². The van der Waals surface area contributed by atoms with Crippen molar-refractivity contribution in [1.29, 1.82) is 0 Å². The van der Waals surface area contributed by atoms with Gasteiger partial charge in [-0.1, -0.05) is 23.5 Å². The molecule has 3 heterocycles. The quantitative estimate of drug-likeness (QED) is 0.244. The molecule has 0 spiro atoms. The van der Waals surface area contributed by atoms with Gasteiger partial charge in [0.15, 0.2) is 5.13 Å². The summed E-state index contributed by atoms with van der Waals surface area (Å²) in [6.07, 6.45) is 1.05. The molecule has 1 aliphatic heterocycles. The van der Waals surface area contributed by atoms with E-state index in [0.29, 0.717) is 66.3 Å². The van der Waals surface area contributed by atoms with E-state index in [-0.39, 0.29) is 41.7 Å². The Bertz CT molecular complexity index is 1600. The van der Waals surface area contributed by atoms with Crippen LogP contribution in [0.5, 0.6) is 0 Å². The molecule has 4 rings (SSSR count). The van der Waals surface area contributed by atoms with Gasteiger partial charge in [0.05, 0.1) is 41.8 Å². The third-order valence-corrected chi connectivity index (χ3v) is 8.76. The maximum Gasteiger partial charge on any atom is 0.350 e. The van der Waals surface area contributed by atoms with Crippen molar-refractivity contribution in [2.75, 3.05) is 36.9 Å². The Morgan fingerprint density at radius 1 is 1.05 bits per heavy atom. The minimum Gasteiger partial charge on any atom is -0.466 e. The van der Waals surface area contributed by atoms with Crippen LogP contribution in [0.3, 0.4) is 0 Å². The SMILES string of the molecule is CCOC(=O)c1sc(Nc2nc(CC(=O)N3CCC(C(=O)OCC)CC3)cc(NCc3ccc(S(N)(=O)=O)cc3)n2)nc1C.